The average Bonchev–Trinajstić information content (AvgIpc) is 2.30. The van der Waals surface area contributed by atoms with Crippen LogP contribution < -0.4 is 11.1 Å². The quantitative estimate of drug-likeness (QED) is 0.789. The second-order valence-corrected chi connectivity index (χ2v) is 6.90. The summed E-state index contributed by atoms with van der Waals surface area (Å²) in [5, 5.41) is 3.68. The van der Waals surface area contributed by atoms with Crippen molar-refractivity contribution >= 4 is 0 Å². The van der Waals surface area contributed by atoms with Gasteiger partial charge in [0, 0.05) is 18.6 Å². The Labute approximate surface area is 107 Å². The van der Waals surface area contributed by atoms with Crippen LogP contribution in [0.2, 0.25) is 0 Å². The molecule has 0 heterocycles. The summed E-state index contributed by atoms with van der Waals surface area (Å²) in [5.41, 5.74) is 7.10. The zero-order valence-electron chi connectivity index (χ0n) is 11.6. The molecule has 0 aromatic rings. The Morgan fingerprint density at radius 1 is 0.824 bits per heavy atom. The van der Waals surface area contributed by atoms with Gasteiger partial charge in [0.2, 0.25) is 0 Å². The third-order valence-corrected chi connectivity index (χ3v) is 4.94. The van der Waals surface area contributed by atoms with Crippen LogP contribution in [0.4, 0.5) is 0 Å². The van der Waals surface area contributed by atoms with Crippen molar-refractivity contribution in [1.29, 1.82) is 0 Å². The molecule has 0 atom stereocenters. The summed E-state index contributed by atoms with van der Waals surface area (Å²) in [6.07, 6.45) is 13.6. The summed E-state index contributed by atoms with van der Waals surface area (Å²) in [5.74, 6) is 0. The van der Waals surface area contributed by atoms with E-state index in [-0.39, 0.29) is 5.54 Å². The van der Waals surface area contributed by atoms with E-state index in [2.05, 4.69) is 12.2 Å². The second-order valence-electron chi connectivity index (χ2n) is 6.90. The number of hydrogen-bond donors (Lipinski definition) is 2. The molecule has 2 heteroatoms. The number of nitrogens with one attached hydrogen (secondary N) is 1. The fraction of sp³-hybridized carbons (Fsp3) is 1.00. The molecule has 2 rings (SSSR count). The van der Waals surface area contributed by atoms with Crippen molar-refractivity contribution in [2.45, 2.75) is 76.7 Å². The fourth-order valence-corrected chi connectivity index (χ4v) is 3.63. The summed E-state index contributed by atoms with van der Waals surface area (Å²) < 4.78 is 0. The van der Waals surface area contributed by atoms with Crippen molar-refractivity contribution in [3.63, 3.8) is 0 Å². The van der Waals surface area contributed by atoms with Gasteiger partial charge in [-0.2, -0.15) is 0 Å². The van der Waals surface area contributed by atoms with Gasteiger partial charge in [-0.15, -0.1) is 0 Å². The van der Waals surface area contributed by atoms with E-state index in [1.54, 1.807) is 0 Å². The SMILES string of the molecule is CC1(CNCC2(N)CCCCC2)CCCCC1. The van der Waals surface area contributed by atoms with Gasteiger partial charge in [0.05, 0.1) is 0 Å². The molecule has 2 aliphatic rings. The van der Waals surface area contributed by atoms with Gasteiger partial charge in [-0.05, 0) is 31.1 Å². The minimum Gasteiger partial charge on any atom is -0.324 e. The third-order valence-electron chi connectivity index (χ3n) is 4.94. The molecule has 2 fully saturated rings. The summed E-state index contributed by atoms with van der Waals surface area (Å²) >= 11 is 0. The predicted octanol–water partition coefficient (Wildman–Crippen LogP) is 3.21. The number of nitrogens with two attached hydrogens (primary N) is 1. The minimum absolute atomic E-state index is 0.100. The van der Waals surface area contributed by atoms with E-state index in [4.69, 9.17) is 5.73 Å². The van der Waals surface area contributed by atoms with E-state index < -0.39 is 0 Å². The highest BCUT2D eigenvalue weighted by atomic mass is 14.9. The topological polar surface area (TPSA) is 38.0 Å². The van der Waals surface area contributed by atoms with E-state index in [1.165, 1.54) is 70.8 Å². The molecule has 0 unspecified atom stereocenters. The van der Waals surface area contributed by atoms with Gasteiger partial charge in [0.1, 0.15) is 0 Å². The van der Waals surface area contributed by atoms with Crippen LogP contribution in [0.25, 0.3) is 0 Å². The Morgan fingerprint density at radius 2 is 1.35 bits per heavy atom. The summed E-state index contributed by atoms with van der Waals surface area (Å²) in [4.78, 5) is 0. The zero-order valence-corrected chi connectivity index (χ0v) is 11.6. The molecular weight excluding hydrogens is 208 g/mol. The highest BCUT2D eigenvalue weighted by molar-refractivity contribution is 4.90. The summed E-state index contributed by atoms with van der Waals surface area (Å²) in [6, 6.07) is 0. The molecule has 0 aromatic heterocycles. The van der Waals surface area contributed by atoms with Gasteiger partial charge < -0.3 is 11.1 Å². The lowest BCUT2D eigenvalue weighted by Crippen LogP contribution is -2.51. The van der Waals surface area contributed by atoms with Crippen LogP contribution >= 0.6 is 0 Å². The Morgan fingerprint density at radius 3 is 1.94 bits per heavy atom. The lowest BCUT2D eigenvalue weighted by molar-refractivity contribution is 0.194. The lowest BCUT2D eigenvalue weighted by atomic mass is 9.75. The minimum atomic E-state index is 0.100. The molecule has 2 nitrogen and oxygen atoms in total. The van der Waals surface area contributed by atoms with Gasteiger partial charge in [-0.3, -0.25) is 0 Å². The van der Waals surface area contributed by atoms with E-state index >= 15 is 0 Å². The molecule has 2 saturated carbocycles. The van der Waals surface area contributed by atoms with Crippen molar-refractivity contribution in [2.24, 2.45) is 11.1 Å². The molecule has 17 heavy (non-hydrogen) atoms. The molecule has 2 aliphatic carbocycles. The maximum Gasteiger partial charge on any atom is 0.0280 e. The highest BCUT2D eigenvalue weighted by Gasteiger charge is 2.30. The fourth-order valence-electron chi connectivity index (χ4n) is 3.63. The van der Waals surface area contributed by atoms with E-state index in [1.807, 2.05) is 0 Å². The predicted molar refractivity (Wildman–Crippen MR) is 74.1 cm³/mol. The second kappa shape index (κ2) is 5.71. The van der Waals surface area contributed by atoms with Crippen molar-refractivity contribution in [3.05, 3.63) is 0 Å². The Bertz CT molecular complexity index is 201. The van der Waals surface area contributed by atoms with E-state index in [9.17, 15) is 0 Å². The molecule has 0 aliphatic heterocycles. The van der Waals surface area contributed by atoms with Crippen LogP contribution in [-0.2, 0) is 0 Å². The maximum atomic E-state index is 6.46. The van der Waals surface area contributed by atoms with Crippen LogP contribution in [-0.4, -0.2) is 18.6 Å². The Hall–Kier alpha value is -0.0800. The molecule has 0 spiro atoms. The molecule has 0 amide bonds. The third kappa shape index (κ3) is 3.96. The summed E-state index contributed by atoms with van der Waals surface area (Å²) in [7, 11) is 0. The van der Waals surface area contributed by atoms with Crippen LogP contribution in [0.3, 0.4) is 0 Å². The molecule has 3 N–H and O–H groups in total. The molecule has 100 valence electrons. The monoisotopic (exact) mass is 238 g/mol. The number of rotatable bonds is 4. The van der Waals surface area contributed by atoms with Crippen molar-refractivity contribution in [1.82, 2.24) is 5.32 Å². The maximum absolute atomic E-state index is 6.46. The van der Waals surface area contributed by atoms with Crippen LogP contribution in [0.5, 0.6) is 0 Å². The highest BCUT2D eigenvalue weighted by Crippen LogP contribution is 2.35. The molecule has 0 bridgehead atoms. The zero-order chi connectivity index (χ0) is 12.2. The van der Waals surface area contributed by atoms with Crippen molar-refractivity contribution in [2.75, 3.05) is 13.1 Å². The van der Waals surface area contributed by atoms with Crippen LogP contribution in [0.15, 0.2) is 0 Å². The van der Waals surface area contributed by atoms with Crippen molar-refractivity contribution < 1.29 is 0 Å². The normalized spacial score (nSPS) is 27.9. The Balaban J connectivity index is 1.70. The van der Waals surface area contributed by atoms with Gasteiger partial charge in [-0.25, -0.2) is 0 Å². The molecular formula is C15H30N2. The first kappa shape index (κ1) is 13.4. The standard InChI is InChI=1S/C15H30N2/c1-14(8-4-2-5-9-14)12-17-13-15(16)10-6-3-7-11-15/h17H,2-13,16H2,1H3. The molecule has 0 saturated heterocycles. The number of hydrogen-bond acceptors (Lipinski definition) is 2. The smallest absolute Gasteiger partial charge is 0.0280 e. The van der Waals surface area contributed by atoms with Gasteiger partial charge in [0.25, 0.3) is 0 Å². The van der Waals surface area contributed by atoms with E-state index in [0.29, 0.717) is 5.41 Å². The molecule has 0 aromatic carbocycles. The van der Waals surface area contributed by atoms with E-state index in [0.717, 1.165) is 6.54 Å². The largest absolute Gasteiger partial charge is 0.324 e. The first-order valence-corrected chi connectivity index (χ1v) is 7.62. The Kier molecular flexibility index (Phi) is 4.48. The average molecular weight is 238 g/mol. The first-order valence-electron chi connectivity index (χ1n) is 7.62. The summed E-state index contributed by atoms with van der Waals surface area (Å²) in [6.45, 7) is 4.65. The first-order chi connectivity index (χ1) is 8.12. The van der Waals surface area contributed by atoms with Gasteiger partial charge in [-0.1, -0.05) is 45.4 Å². The van der Waals surface area contributed by atoms with Gasteiger partial charge in [0.15, 0.2) is 0 Å². The molecule has 0 radical (unpaired) electrons. The van der Waals surface area contributed by atoms with Crippen LogP contribution in [0.1, 0.15) is 71.1 Å². The van der Waals surface area contributed by atoms with Gasteiger partial charge >= 0.3 is 0 Å². The van der Waals surface area contributed by atoms with Crippen LogP contribution in [0, 0.1) is 5.41 Å². The van der Waals surface area contributed by atoms with Crippen molar-refractivity contribution in [3.8, 4) is 0 Å². The lowest BCUT2D eigenvalue weighted by Gasteiger charge is -2.37.